The van der Waals surface area contributed by atoms with Crippen LogP contribution in [0.15, 0.2) is 70.9 Å². The minimum Gasteiger partial charge on any atom is -0.507 e. The minimum absolute atomic E-state index is 0.143. The topological polar surface area (TPSA) is 80.0 Å². The van der Waals surface area contributed by atoms with E-state index in [9.17, 15) is 14.7 Å². The normalized spacial score (nSPS) is 17.9. The number of nitrogens with zero attached hydrogens (tertiary/aromatic N) is 1. The highest BCUT2D eigenvalue weighted by Gasteiger charge is 2.48. The number of carbonyl (C=O) groups is 2. The monoisotopic (exact) mass is 457 g/mol. The number of halogens is 2. The molecule has 3 aromatic rings. The molecule has 31 heavy (non-hydrogen) atoms. The average Bonchev–Trinajstić information content (AvgIpc) is 3.36. The summed E-state index contributed by atoms with van der Waals surface area (Å²) in [6.07, 6.45) is 1.43. The van der Waals surface area contributed by atoms with Gasteiger partial charge in [-0.05, 0) is 55.5 Å². The molecule has 158 valence electrons. The Labute approximate surface area is 188 Å². The maximum atomic E-state index is 13.1. The molecular formula is C23H17Cl2NO5. The number of furan rings is 1. The molecule has 6 nitrogen and oxygen atoms in total. The Morgan fingerprint density at radius 1 is 1.13 bits per heavy atom. The number of aliphatic hydroxyl groups excluding tert-OH is 1. The van der Waals surface area contributed by atoms with Crippen molar-refractivity contribution < 1.29 is 23.8 Å². The Kier molecular flexibility index (Phi) is 5.76. The van der Waals surface area contributed by atoms with E-state index in [1.807, 2.05) is 6.92 Å². The summed E-state index contributed by atoms with van der Waals surface area (Å²) in [6.45, 7) is 2.23. The Bertz CT molecular complexity index is 1190. The summed E-state index contributed by atoms with van der Waals surface area (Å²) in [5, 5.41) is 11.7. The number of amides is 1. The first kappa shape index (κ1) is 21.0. The van der Waals surface area contributed by atoms with Gasteiger partial charge in [-0.1, -0.05) is 29.3 Å². The lowest BCUT2D eigenvalue weighted by atomic mass is 9.99. The molecule has 0 aliphatic carbocycles. The lowest BCUT2D eigenvalue weighted by Crippen LogP contribution is -2.29. The predicted octanol–water partition coefficient (Wildman–Crippen LogP) is 5.61. The molecule has 1 atom stereocenters. The van der Waals surface area contributed by atoms with Crippen molar-refractivity contribution in [3.63, 3.8) is 0 Å². The highest BCUT2D eigenvalue weighted by atomic mass is 35.5. The van der Waals surface area contributed by atoms with Gasteiger partial charge in [0.25, 0.3) is 11.7 Å². The van der Waals surface area contributed by atoms with Crippen LogP contribution in [0.4, 0.5) is 5.69 Å². The Morgan fingerprint density at radius 2 is 1.94 bits per heavy atom. The molecule has 2 heterocycles. The fourth-order valence-corrected chi connectivity index (χ4v) is 3.92. The van der Waals surface area contributed by atoms with Crippen LogP contribution in [0.5, 0.6) is 5.75 Å². The Balaban J connectivity index is 1.93. The number of Topliss-reactive ketones (excluding diaryl/α,β-unsaturated/α-hetero) is 1. The standard InChI is InChI=1S/C23H17Cl2NO5/c1-2-30-15-8-9-17(25)16(12-15)21(27)19-20(18-7-4-10-31-18)26(23(29)22(19)28)14-6-3-5-13(24)11-14/h3-12,20,27H,2H2,1H3/b21-19-. The van der Waals surface area contributed by atoms with Gasteiger partial charge in [-0.3, -0.25) is 14.5 Å². The number of hydrogen-bond acceptors (Lipinski definition) is 5. The van der Waals surface area contributed by atoms with Gasteiger partial charge in [0.2, 0.25) is 0 Å². The van der Waals surface area contributed by atoms with E-state index in [1.54, 1.807) is 48.5 Å². The third-order valence-corrected chi connectivity index (χ3v) is 5.41. The molecule has 0 spiro atoms. The quantitative estimate of drug-likeness (QED) is 0.305. The van der Waals surface area contributed by atoms with E-state index in [-0.39, 0.29) is 16.2 Å². The van der Waals surface area contributed by atoms with Crippen molar-refractivity contribution in [2.45, 2.75) is 13.0 Å². The van der Waals surface area contributed by atoms with Crippen molar-refractivity contribution in [1.29, 1.82) is 0 Å². The zero-order chi connectivity index (χ0) is 22.1. The van der Waals surface area contributed by atoms with Gasteiger partial charge in [0, 0.05) is 16.3 Å². The van der Waals surface area contributed by atoms with Crippen molar-refractivity contribution in [3.8, 4) is 5.75 Å². The van der Waals surface area contributed by atoms with Gasteiger partial charge >= 0.3 is 0 Å². The third-order valence-electron chi connectivity index (χ3n) is 4.85. The van der Waals surface area contributed by atoms with Gasteiger partial charge in [-0.25, -0.2) is 0 Å². The van der Waals surface area contributed by atoms with Crippen LogP contribution >= 0.6 is 23.2 Å². The van der Waals surface area contributed by atoms with E-state index >= 15 is 0 Å². The van der Waals surface area contributed by atoms with Crippen molar-refractivity contribution in [2.75, 3.05) is 11.5 Å². The number of hydrogen-bond donors (Lipinski definition) is 1. The van der Waals surface area contributed by atoms with Crippen molar-refractivity contribution in [3.05, 3.63) is 87.8 Å². The predicted molar refractivity (Wildman–Crippen MR) is 118 cm³/mol. The van der Waals surface area contributed by atoms with Crippen molar-refractivity contribution >= 4 is 46.3 Å². The number of ether oxygens (including phenoxy) is 1. The molecule has 1 aliphatic rings. The fourth-order valence-electron chi connectivity index (χ4n) is 3.53. The summed E-state index contributed by atoms with van der Waals surface area (Å²) in [4.78, 5) is 27.3. The first-order valence-electron chi connectivity index (χ1n) is 9.45. The molecule has 1 unspecified atom stereocenters. The van der Waals surface area contributed by atoms with Crippen LogP contribution in [-0.2, 0) is 9.59 Å². The molecule has 0 saturated carbocycles. The second-order valence-corrected chi connectivity index (χ2v) is 7.58. The van der Waals surface area contributed by atoms with Gasteiger partial charge in [0.1, 0.15) is 23.3 Å². The Morgan fingerprint density at radius 3 is 2.61 bits per heavy atom. The van der Waals surface area contributed by atoms with Crippen LogP contribution in [0.3, 0.4) is 0 Å². The maximum Gasteiger partial charge on any atom is 0.300 e. The first-order valence-corrected chi connectivity index (χ1v) is 10.2. The molecule has 2 aromatic carbocycles. The van der Waals surface area contributed by atoms with Gasteiger partial charge in [0.05, 0.1) is 23.5 Å². The van der Waals surface area contributed by atoms with E-state index in [0.717, 1.165) is 0 Å². The average molecular weight is 458 g/mol. The molecule has 1 amide bonds. The number of benzene rings is 2. The van der Waals surface area contributed by atoms with Gasteiger partial charge in [-0.15, -0.1) is 0 Å². The van der Waals surface area contributed by atoms with Gasteiger partial charge < -0.3 is 14.3 Å². The molecule has 1 aromatic heterocycles. The number of aliphatic hydroxyl groups is 1. The second kappa shape index (κ2) is 8.49. The zero-order valence-corrected chi connectivity index (χ0v) is 17.9. The fraction of sp³-hybridized carbons (Fsp3) is 0.130. The maximum absolute atomic E-state index is 13.1. The summed E-state index contributed by atoms with van der Waals surface area (Å²) in [6, 6.07) is 13.5. The van der Waals surface area contributed by atoms with Crippen LogP contribution in [-0.4, -0.2) is 23.4 Å². The zero-order valence-electron chi connectivity index (χ0n) is 16.3. The third kappa shape index (κ3) is 3.80. The number of rotatable bonds is 5. The molecule has 1 fully saturated rings. The van der Waals surface area contributed by atoms with Crippen molar-refractivity contribution in [1.82, 2.24) is 0 Å². The molecule has 4 rings (SSSR count). The summed E-state index contributed by atoms with van der Waals surface area (Å²) >= 11 is 12.4. The Hall–Kier alpha value is -3.22. The summed E-state index contributed by atoms with van der Waals surface area (Å²) < 4.78 is 11.0. The molecule has 1 saturated heterocycles. The highest BCUT2D eigenvalue weighted by Crippen LogP contribution is 2.43. The van der Waals surface area contributed by atoms with E-state index in [2.05, 4.69) is 0 Å². The number of anilines is 1. The molecule has 0 bridgehead atoms. The van der Waals surface area contributed by atoms with Crippen LogP contribution in [0.2, 0.25) is 10.0 Å². The number of carbonyl (C=O) groups excluding carboxylic acids is 2. The minimum atomic E-state index is -1.000. The molecule has 1 aliphatic heterocycles. The smallest absolute Gasteiger partial charge is 0.300 e. The van der Waals surface area contributed by atoms with E-state index < -0.39 is 23.5 Å². The largest absolute Gasteiger partial charge is 0.507 e. The lowest BCUT2D eigenvalue weighted by molar-refractivity contribution is -0.132. The highest BCUT2D eigenvalue weighted by molar-refractivity contribution is 6.52. The van der Waals surface area contributed by atoms with Crippen LogP contribution in [0.25, 0.3) is 5.76 Å². The van der Waals surface area contributed by atoms with Crippen LogP contribution < -0.4 is 9.64 Å². The van der Waals surface area contributed by atoms with E-state index in [1.165, 1.54) is 17.2 Å². The van der Waals surface area contributed by atoms with Crippen LogP contribution in [0.1, 0.15) is 24.3 Å². The molecular weight excluding hydrogens is 441 g/mol. The molecule has 8 heteroatoms. The van der Waals surface area contributed by atoms with Crippen molar-refractivity contribution in [2.24, 2.45) is 0 Å². The second-order valence-electron chi connectivity index (χ2n) is 6.74. The van der Waals surface area contributed by atoms with Crippen LogP contribution in [0, 0.1) is 0 Å². The SMILES string of the molecule is CCOc1ccc(Cl)c(/C(O)=C2/C(=O)C(=O)N(c3cccc(Cl)c3)C2c2ccco2)c1. The van der Waals surface area contributed by atoms with E-state index in [0.29, 0.717) is 28.8 Å². The molecule has 1 N–H and O–H groups in total. The van der Waals surface area contributed by atoms with Gasteiger partial charge in [0.15, 0.2) is 0 Å². The lowest BCUT2D eigenvalue weighted by Gasteiger charge is -2.23. The van der Waals surface area contributed by atoms with Gasteiger partial charge in [-0.2, -0.15) is 0 Å². The first-order chi connectivity index (χ1) is 14.9. The summed E-state index contributed by atoms with van der Waals surface area (Å²) in [5.74, 6) is -1.33. The van der Waals surface area contributed by atoms with E-state index in [4.69, 9.17) is 32.4 Å². The summed E-state index contributed by atoms with van der Waals surface area (Å²) in [7, 11) is 0. The molecule has 0 radical (unpaired) electrons. The number of ketones is 1. The summed E-state index contributed by atoms with van der Waals surface area (Å²) in [5.41, 5.74) is 0.424.